The Bertz CT molecular complexity index is 1110. The zero-order valence-corrected chi connectivity index (χ0v) is 24.9. The summed E-state index contributed by atoms with van der Waals surface area (Å²) in [5.74, 6) is -1.39. The molecule has 0 bridgehead atoms. The Balaban J connectivity index is 1.91. The van der Waals surface area contributed by atoms with Gasteiger partial charge in [-0.05, 0) is 76.0 Å². The highest BCUT2D eigenvalue weighted by Gasteiger charge is 2.37. The zero-order chi connectivity index (χ0) is 29.1. The van der Waals surface area contributed by atoms with Gasteiger partial charge in [-0.3, -0.25) is 19.4 Å². The number of hydrazine groups is 1. The van der Waals surface area contributed by atoms with Crippen LogP contribution in [-0.2, 0) is 25.5 Å². The van der Waals surface area contributed by atoms with Gasteiger partial charge in [-0.2, -0.15) is 0 Å². The molecule has 2 aromatic rings. The molecule has 0 radical (unpaired) electrons. The van der Waals surface area contributed by atoms with Gasteiger partial charge in [0, 0.05) is 19.5 Å². The first-order chi connectivity index (χ1) is 19.1. The number of carbonyl (C=O) groups excluding carboxylic acids is 3. The van der Waals surface area contributed by atoms with Crippen LogP contribution >= 0.6 is 0 Å². The van der Waals surface area contributed by atoms with Gasteiger partial charge in [-0.15, -0.1) is 0 Å². The largest absolute Gasteiger partial charge is 0.460 e. The van der Waals surface area contributed by atoms with Crippen LogP contribution in [0.5, 0.6) is 0 Å². The number of esters is 1. The van der Waals surface area contributed by atoms with Crippen LogP contribution in [0.25, 0.3) is 11.1 Å². The molecule has 40 heavy (non-hydrogen) atoms. The first kappa shape index (κ1) is 31.3. The summed E-state index contributed by atoms with van der Waals surface area (Å²) in [5.41, 5.74) is 6.02. The molecule has 7 nitrogen and oxygen atoms in total. The molecule has 218 valence electrons. The second-order valence-electron chi connectivity index (χ2n) is 11.8. The number of ether oxygens (including phenoxy) is 1. The number of nitrogens with one attached hydrogen (secondary N) is 2. The van der Waals surface area contributed by atoms with Crippen LogP contribution in [-0.4, -0.2) is 48.0 Å². The van der Waals surface area contributed by atoms with E-state index in [0.717, 1.165) is 36.0 Å². The number of benzene rings is 2. The van der Waals surface area contributed by atoms with Gasteiger partial charge in [0.05, 0.1) is 5.92 Å². The molecule has 2 amide bonds. The van der Waals surface area contributed by atoms with Crippen molar-refractivity contribution in [2.75, 3.05) is 13.6 Å². The quantitative estimate of drug-likeness (QED) is 0.333. The van der Waals surface area contributed by atoms with E-state index in [2.05, 4.69) is 41.9 Å². The van der Waals surface area contributed by atoms with Gasteiger partial charge in [-0.25, -0.2) is 5.43 Å². The minimum absolute atomic E-state index is 0.129. The number of likely N-dealkylation sites (N-methyl/N-ethyl adjacent to an activating group) is 1. The van der Waals surface area contributed by atoms with Crippen LogP contribution in [0.15, 0.2) is 54.6 Å². The molecule has 3 rings (SSSR count). The Kier molecular flexibility index (Phi) is 11.7. The molecule has 2 N–H and O–H groups in total. The fraction of sp³-hybridized carbons (Fsp3) is 0.545. The summed E-state index contributed by atoms with van der Waals surface area (Å²) in [7, 11) is 1.60. The Labute approximate surface area is 240 Å². The summed E-state index contributed by atoms with van der Waals surface area (Å²) in [5, 5.41) is 4.24. The topological polar surface area (TPSA) is 87.7 Å². The highest BCUT2D eigenvalue weighted by atomic mass is 16.6. The first-order valence-corrected chi connectivity index (χ1v) is 14.8. The van der Waals surface area contributed by atoms with Gasteiger partial charge in [0.1, 0.15) is 11.6 Å². The molecule has 7 heteroatoms. The summed E-state index contributed by atoms with van der Waals surface area (Å²) < 4.78 is 5.80. The van der Waals surface area contributed by atoms with Gasteiger partial charge in [0.15, 0.2) is 0 Å². The van der Waals surface area contributed by atoms with Gasteiger partial charge < -0.3 is 10.1 Å². The smallest absolute Gasteiger partial charge is 0.309 e. The van der Waals surface area contributed by atoms with Crippen molar-refractivity contribution in [2.45, 2.75) is 90.7 Å². The average molecular weight is 550 g/mol. The SMILES string of the molecule is CCCC[C@@H](C[C@@H](CCc1ccccc1-c1ccccc1)C(=O)N1NCCCC1C(=O)NC)C(=O)OC(C)(C)C. The van der Waals surface area contributed by atoms with Crippen molar-refractivity contribution in [3.63, 3.8) is 0 Å². The minimum atomic E-state index is -0.603. The van der Waals surface area contributed by atoms with Crippen molar-refractivity contribution in [3.8, 4) is 11.1 Å². The van der Waals surface area contributed by atoms with E-state index in [-0.39, 0.29) is 23.7 Å². The Hall–Kier alpha value is -3.19. The van der Waals surface area contributed by atoms with Crippen molar-refractivity contribution in [1.29, 1.82) is 0 Å². The molecular formula is C33H47N3O4. The lowest BCUT2D eigenvalue weighted by Gasteiger charge is -2.37. The van der Waals surface area contributed by atoms with Crippen LogP contribution in [0.4, 0.5) is 0 Å². The van der Waals surface area contributed by atoms with E-state index in [4.69, 9.17) is 4.74 Å². The van der Waals surface area contributed by atoms with E-state index in [1.54, 1.807) is 7.05 Å². The highest BCUT2D eigenvalue weighted by Crippen LogP contribution is 2.30. The van der Waals surface area contributed by atoms with E-state index in [9.17, 15) is 14.4 Å². The van der Waals surface area contributed by atoms with Crippen LogP contribution < -0.4 is 10.7 Å². The number of rotatable bonds is 12. The molecule has 1 saturated heterocycles. The normalized spacial score (nSPS) is 17.1. The maximum absolute atomic E-state index is 14.2. The summed E-state index contributed by atoms with van der Waals surface area (Å²) in [6.45, 7) is 8.35. The monoisotopic (exact) mass is 549 g/mol. The van der Waals surface area contributed by atoms with E-state index < -0.39 is 17.6 Å². The number of hydrogen-bond acceptors (Lipinski definition) is 5. The van der Waals surface area contributed by atoms with E-state index in [1.165, 1.54) is 5.01 Å². The predicted molar refractivity (Wildman–Crippen MR) is 159 cm³/mol. The molecule has 2 aromatic carbocycles. The molecule has 0 spiro atoms. The van der Waals surface area contributed by atoms with Crippen LogP contribution in [0.3, 0.4) is 0 Å². The molecule has 3 atom stereocenters. The maximum atomic E-state index is 14.2. The molecular weight excluding hydrogens is 502 g/mol. The number of unbranched alkanes of at least 4 members (excludes halogenated alkanes) is 1. The van der Waals surface area contributed by atoms with Crippen molar-refractivity contribution in [3.05, 3.63) is 60.2 Å². The summed E-state index contributed by atoms with van der Waals surface area (Å²) in [6, 6.07) is 18.0. The number of hydrogen-bond donors (Lipinski definition) is 2. The zero-order valence-electron chi connectivity index (χ0n) is 24.9. The third-order valence-electron chi connectivity index (χ3n) is 7.46. The molecule has 1 heterocycles. The van der Waals surface area contributed by atoms with Crippen LogP contribution in [0, 0.1) is 11.8 Å². The molecule has 0 saturated carbocycles. The molecule has 1 unspecified atom stereocenters. The summed E-state index contributed by atoms with van der Waals surface area (Å²) >= 11 is 0. The Morgan fingerprint density at radius 3 is 2.40 bits per heavy atom. The Morgan fingerprint density at radius 1 is 1.02 bits per heavy atom. The highest BCUT2D eigenvalue weighted by molar-refractivity contribution is 5.88. The molecule has 1 aliphatic rings. The van der Waals surface area contributed by atoms with E-state index in [0.29, 0.717) is 38.6 Å². The predicted octanol–water partition coefficient (Wildman–Crippen LogP) is 5.68. The van der Waals surface area contributed by atoms with Crippen molar-refractivity contribution in [1.82, 2.24) is 15.8 Å². The van der Waals surface area contributed by atoms with Gasteiger partial charge in [-0.1, -0.05) is 74.4 Å². The Morgan fingerprint density at radius 2 is 1.73 bits per heavy atom. The third kappa shape index (κ3) is 8.91. The lowest BCUT2D eigenvalue weighted by molar-refractivity contribution is -0.162. The minimum Gasteiger partial charge on any atom is -0.460 e. The second kappa shape index (κ2) is 15.0. The lowest BCUT2D eigenvalue weighted by Crippen LogP contribution is -2.59. The number of carbonyl (C=O) groups is 3. The number of aryl methyl sites for hydroxylation is 1. The first-order valence-electron chi connectivity index (χ1n) is 14.8. The molecule has 1 aliphatic heterocycles. The average Bonchev–Trinajstić information content (AvgIpc) is 2.95. The number of nitrogens with zero attached hydrogens (tertiary/aromatic N) is 1. The molecule has 0 aliphatic carbocycles. The van der Waals surface area contributed by atoms with Crippen molar-refractivity contribution in [2.24, 2.45) is 11.8 Å². The van der Waals surface area contributed by atoms with E-state index in [1.807, 2.05) is 51.1 Å². The summed E-state index contributed by atoms with van der Waals surface area (Å²) in [4.78, 5) is 40.2. The maximum Gasteiger partial charge on any atom is 0.309 e. The fourth-order valence-corrected chi connectivity index (χ4v) is 5.40. The van der Waals surface area contributed by atoms with Gasteiger partial charge in [0.25, 0.3) is 0 Å². The van der Waals surface area contributed by atoms with Crippen molar-refractivity contribution < 1.29 is 19.1 Å². The van der Waals surface area contributed by atoms with Gasteiger partial charge >= 0.3 is 5.97 Å². The number of amides is 2. The molecule has 0 aromatic heterocycles. The van der Waals surface area contributed by atoms with Crippen molar-refractivity contribution >= 4 is 17.8 Å². The third-order valence-corrected chi connectivity index (χ3v) is 7.46. The lowest BCUT2D eigenvalue weighted by atomic mass is 9.84. The second-order valence-corrected chi connectivity index (χ2v) is 11.8. The van der Waals surface area contributed by atoms with Gasteiger partial charge in [0.2, 0.25) is 11.8 Å². The standard InChI is InChI=1S/C33H47N3O4/c1-6-7-14-27(32(39)40-33(2,3)4)23-26(31(38)36-29(30(37)34-5)19-13-22-35-36)21-20-25-17-11-12-18-28(25)24-15-9-8-10-16-24/h8-12,15-18,26-27,29,35H,6-7,13-14,19-23H2,1-5H3,(H,34,37)/t26-,27+,29?/m1/s1. The fourth-order valence-electron chi connectivity index (χ4n) is 5.40. The summed E-state index contributed by atoms with van der Waals surface area (Å²) in [6.07, 6.45) is 5.55. The van der Waals surface area contributed by atoms with Crippen LogP contribution in [0.2, 0.25) is 0 Å². The van der Waals surface area contributed by atoms with E-state index >= 15 is 0 Å². The molecule has 1 fully saturated rings. The van der Waals surface area contributed by atoms with Crippen LogP contribution in [0.1, 0.15) is 78.2 Å².